The predicted molar refractivity (Wildman–Crippen MR) is 118 cm³/mol. The molecular weight excluding hydrogens is 461 g/mol. The first-order valence-electron chi connectivity index (χ1n) is 10.3. The van der Waals surface area contributed by atoms with E-state index in [1.54, 1.807) is 24.3 Å². The van der Waals surface area contributed by atoms with Gasteiger partial charge in [-0.2, -0.15) is 18.4 Å². The zero-order valence-electron chi connectivity index (χ0n) is 17.9. The predicted octanol–water partition coefficient (Wildman–Crippen LogP) is 2.95. The summed E-state index contributed by atoms with van der Waals surface area (Å²) in [5.74, 6) is 0.583. The molecule has 1 spiro atoms. The number of terminal acetylenes is 1. The van der Waals surface area contributed by atoms with Crippen LogP contribution < -0.4 is 15.5 Å². The van der Waals surface area contributed by atoms with Crippen molar-refractivity contribution in [2.75, 3.05) is 23.0 Å². The third kappa shape index (κ3) is 2.80. The van der Waals surface area contributed by atoms with Gasteiger partial charge in [0.2, 0.25) is 5.91 Å². The van der Waals surface area contributed by atoms with Gasteiger partial charge < -0.3 is 10.5 Å². The van der Waals surface area contributed by atoms with E-state index in [2.05, 4.69) is 5.92 Å². The van der Waals surface area contributed by atoms with Gasteiger partial charge in [-0.25, -0.2) is 4.79 Å². The fourth-order valence-corrected chi connectivity index (χ4v) is 4.96. The summed E-state index contributed by atoms with van der Waals surface area (Å²) in [5, 5.41) is 10.2. The molecule has 35 heavy (non-hydrogen) atoms. The van der Waals surface area contributed by atoms with Crippen LogP contribution in [0.2, 0.25) is 0 Å². The number of carbonyl (C=O) groups is 2. The number of halogens is 3. The Balaban J connectivity index is 1.83. The van der Waals surface area contributed by atoms with Crippen LogP contribution >= 0.6 is 0 Å². The van der Waals surface area contributed by atoms with Gasteiger partial charge in [-0.15, -0.1) is 6.42 Å². The molecule has 7 nitrogen and oxygen atoms in total. The number of para-hydroxylation sites is 1. The van der Waals surface area contributed by atoms with Gasteiger partial charge >= 0.3 is 12.1 Å². The first kappa shape index (κ1) is 22.1. The Morgan fingerprint density at radius 2 is 1.91 bits per heavy atom. The fourth-order valence-electron chi connectivity index (χ4n) is 4.96. The second kappa shape index (κ2) is 7.40. The SMILES string of the molecule is C#CCN1C(=O)[C@@]2(C(C#N)=C(N)N(c3cccc(C(F)(F)F)c3)C3=C2C(=O)OC3)c2ccccc21. The fraction of sp³-hybridized carbons (Fsp3) is 0.160. The molecule has 3 aliphatic rings. The zero-order chi connectivity index (χ0) is 25.1. The molecule has 2 aromatic rings. The van der Waals surface area contributed by atoms with E-state index in [-0.39, 0.29) is 41.5 Å². The van der Waals surface area contributed by atoms with E-state index in [1.807, 2.05) is 6.07 Å². The van der Waals surface area contributed by atoms with Crippen LogP contribution in [-0.2, 0) is 25.9 Å². The molecule has 0 saturated heterocycles. The summed E-state index contributed by atoms with van der Waals surface area (Å²) in [6, 6.07) is 12.8. The number of hydrogen-bond donors (Lipinski definition) is 1. The number of alkyl halides is 3. The Labute approximate surface area is 197 Å². The highest BCUT2D eigenvalue weighted by Crippen LogP contribution is 2.56. The molecule has 0 radical (unpaired) electrons. The van der Waals surface area contributed by atoms with Gasteiger partial charge in [0.15, 0.2) is 0 Å². The molecule has 174 valence electrons. The van der Waals surface area contributed by atoms with Crippen molar-refractivity contribution in [3.63, 3.8) is 0 Å². The summed E-state index contributed by atoms with van der Waals surface area (Å²) in [7, 11) is 0. The number of nitriles is 1. The van der Waals surface area contributed by atoms with E-state index in [0.717, 1.165) is 12.1 Å². The molecule has 0 bridgehead atoms. The van der Waals surface area contributed by atoms with Crippen molar-refractivity contribution in [2.45, 2.75) is 11.6 Å². The van der Waals surface area contributed by atoms with Crippen molar-refractivity contribution < 1.29 is 27.5 Å². The number of nitrogens with zero attached hydrogens (tertiary/aromatic N) is 3. The number of cyclic esters (lactones) is 1. The van der Waals surface area contributed by atoms with Gasteiger partial charge in [0.1, 0.15) is 23.9 Å². The summed E-state index contributed by atoms with van der Waals surface area (Å²) in [4.78, 5) is 29.5. The highest BCUT2D eigenvalue weighted by Gasteiger charge is 2.63. The van der Waals surface area contributed by atoms with Gasteiger partial charge in [0.25, 0.3) is 0 Å². The second-order valence-electron chi connectivity index (χ2n) is 8.02. The maximum absolute atomic E-state index is 13.9. The Morgan fingerprint density at radius 3 is 2.60 bits per heavy atom. The minimum Gasteiger partial charge on any atom is -0.456 e. The molecule has 3 aliphatic heterocycles. The highest BCUT2D eigenvalue weighted by atomic mass is 19.4. The van der Waals surface area contributed by atoms with Crippen LogP contribution in [0.25, 0.3) is 0 Å². The smallest absolute Gasteiger partial charge is 0.416 e. The van der Waals surface area contributed by atoms with E-state index in [1.165, 1.54) is 21.9 Å². The lowest BCUT2D eigenvalue weighted by atomic mass is 9.67. The van der Waals surface area contributed by atoms with Gasteiger partial charge in [-0.3, -0.25) is 14.6 Å². The maximum atomic E-state index is 13.9. The largest absolute Gasteiger partial charge is 0.456 e. The van der Waals surface area contributed by atoms with Gasteiger partial charge in [-0.1, -0.05) is 30.2 Å². The molecule has 1 amide bonds. The lowest BCUT2D eigenvalue weighted by Gasteiger charge is -2.38. The highest BCUT2D eigenvalue weighted by molar-refractivity contribution is 6.20. The van der Waals surface area contributed by atoms with E-state index in [4.69, 9.17) is 16.9 Å². The van der Waals surface area contributed by atoms with Crippen LogP contribution in [-0.4, -0.2) is 25.0 Å². The second-order valence-corrected chi connectivity index (χ2v) is 8.02. The number of nitrogens with two attached hydrogens (primary N) is 1. The van der Waals surface area contributed by atoms with E-state index >= 15 is 0 Å². The van der Waals surface area contributed by atoms with Crippen LogP contribution in [0.15, 0.2) is 71.2 Å². The lowest BCUT2D eigenvalue weighted by Crippen LogP contribution is -2.50. The van der Waals surface area contributed by atoms with Gasteiger partial charge in [-0.05, 0) is 24.3 Å². The van der Waals surface area contributed by atoms with Crippen molar-refractivity contribution in [3.8, 4) is 18.4 Å². The first-order chi connectivity index (χ1) is 16.7. The molecular formula is C25H15F3N4O3. The van der Waals surface area contributed by atoms with E-state index in [9.17, 15) is 28.0 Å². The number of hydrogen-bond acceptors (Lipinski definition) is 6. The van der Waals surface area contributed by atoms with Crippen molar-refractivity contribution in [3.05, 3.63) is 82.3 Å². The number of amides is 1. The topological polar surface area (TPSA) is 99.7 Å². The molecule has 2 aromatic carbocycles. The number of rotatable bonds is 2. The van der Waals surface area contributed by atoms with Crippen LogP contribution in [0.5, 0.6) is 0 Å². The Morgan fingerprint density at radius 1 is 1.17 bits per heavy atom. The molecule has 5 rings (SSSR count). The van der Waals surface area contributed by atoms with Crippen LogP contribution in [0, 0.1) is 23.7 Å². The van der Waals surface area contributed by atoms with Crippen LogP contribution in [0.1, 0.15) is 11.1 Å². The number of benzene rings is 2. The summed E-state index contributed by atoms with van der Waals surface area (Å²) < 4.78 is 45.5. The van der Waals surface area contributed by atoms with Crippen LogP contribution in [0.3, 0.4) is 0 Å². The quantitative estimate of drug-likeness (QED) is 0.529. The summed E-state index contributed by atoms with van der Waals surface area (Å²) in [5.41, 5.74) is 3.81. The number of carbonyl (C=O) groups excluding carboxylic acids is 2. The van der Waals surface area contributed by atoms with Crippen LogP contribution in [0.4, 0.5) is 24.5 Å². The minimum atomic E-state index is -4.64. The van der Waals surface area contributed by atoms with Gasteiger partial charge in [0, 0.05) is 16.9 Å². The third-order valence-electron chi connectivity index (χ3n) is 6.31. The average molecular weight is 476 g/mol. The molecule has 10 heteroatoms. The van der Waals surface area contributed by atoms with Crippen molar-refractivity contribution in [2.24, 2.45) is 5.73 Å². The summed E-state index contributed by atoms with van der Waals surface area (Å²) in [6.07, 6.45) is 0.832. The number of ether oxygens (including phenoxy) is 1. The van der Waals surface area contributed by atoms with E-state index in [0.29, 0.717) is 11.3 Å². The summed E-state index contributed by atoms with van der Waals surface area (Å²) in [6.45, 7) is -0.485. The van der Waals surface area contributed by atoms with Crippen molar-refractivity contribution in [1.29, 1.82) is 5.26 Å². The Bertz CT molecular complexity index is 1460. The lowest BCUT2D eigenvalue weighted by molar-refractivity contribution is -0.138. The first-order valence-corrected chi connectivity index (χ1v) is 10.3. The molecule has 0 fully saturated rings. The number of esters is 1. The standard InChI is InChI=1S/C25H15F3N4O3/c1-2-10-31-18-9-4-3-8-16(18)24(23(31)34)17(12-29)21(30)32(19-13-35-22(33)20(19)24)15-7-5-6-14(11-15)25(26,27)28/h1,3-9,11H,10,13,30H2/t24-/m1/s1. The Kier molecular flexibility index (Phi) is 4.68. The number of fused-ring (bicyclic) bond motifs is 3. The molecule has 0 aliphatic carbocycles. The molecule has 2 N–H and O–H groups in total. The minimum absolute atomic E-state index is 0.0371. The molecule has 0 aromatic heterocycles. The maximum Gasteiger partial charge on any atom is 0.416 e. The van der Waals surface area contributed by atoms with E-state index < -0.39 is 29.0 Å². The Hall–Kier alpha value is -4.70. The zero-order valence-corrected chi connectivity index (χ0v) is 17.9. The van der Waals surface area contributed by atoms with Gasteiger partial charge in [0.05, 0.1) is 29.0 Å². The summed E-state index contributed by atoms with van der Waals surface area (Å²) >= 11 is 0. The third-order valence-corrected chi connectivity index (χ3v) is 6.31. The van der Waals surface area contributed by atoms with Crippen molar-refractivity contribution in [1.82, 2.24) is 0 Å². The molecule has 3 heterocycles. The average Bonchev–Trinajstić information content (AvgIpc) is 3.32. The van der Waals surface area contributed by atoms with Crippen molar-refractivity contribution >= 4 is 23.3 Å². The number of anilines is 2. The molecule has 1 atom stereocenters. The normalized spacial score (nSPS) is 21.2. The molecule has 0 saturated carbocycles. The monoisotopic (exact) mass is 476 g/mol. The molecule has 0 unspecified atom stereocenters.